The predicted molar refractivity (Wildman–Crippen MR) is 80.0 cm³/mol. The van der Waals surface area contributed by atoms with Crippen molar-refractivity contribution in [3.8, 4) is 5.75 Å². The number of nitrogens with one attached hydrogen (secondary N) is 1. The largest absolute Gasteiger partial charge is 0.492 e. The van der Waals surface area contributed by atoms with Gasteiger partial charge in [-0.25, -0.2) is 0 Å². The first-order chi connectivity index (χ1) is 9.28. The molecule has 1 aromatic rings. The van der Waals surface area contributed by atoms with Crippen LogP contribution in [0.5, 0.6) is 5.75 Å². The summed E-state index contributed by atoms with van der Waals surface area (Å²) in [5.74, 6) is 1.68. The zero-order chi connectivity index (χ0) is 13.5. The van der Waals surface area contributed by atoms with Crippen LogP contribution in [0, 0.1) is 5.92 Å². The van der Waals surface area contributed by atoms with E-state index in [0.717, 1.165) is 36.4 Å². The van der Waals surface area contributed by atoms with Crippen molar-refractivity contribution in [2.24, 2.45) is 5.92 Å². The molecule has 0 radical (unpaired) electrons. The van der Waals surface area contributed by atoms with Gasteiger partial charge in [-0.2, -0.15) is 0 Å². The quantitative estimate of drug-likeness (QED) is 0.868. The van der Waals surface area contributed by atoms with Crippen LogP contribution in [0.25, 0.3) is 0 Å². The summed E-state index contributed by atoms with van der Waals surface area (Å²) >= 11 is 5.84. The fraction of sp³-hybridized carbons (Fsp3) is 0.600. The van der Waals surface area contributed by atoms with Crippen molar-refractivity contribution >= 4 is 11.6 Å². The summed E-state index contributed by atoms with van der Waals surface area (Å²) in [7, 11) is 2.03. The van der Waals surface area contributed by atoms with Gasteiger partial charge >= 0.3 is 0 Å². The Morgan fingerprint density at radius 1 is 1.37 bits per heavy atom. The average Bonchev–Trinajstić information content (AvgIpc) is 2.42. The summed E-state index contributed by atoms with van der Waals surface area (Å²) in [4.78, 5) is 2.50. The number of nitrogens with zero attached hydrogens (tertiary/aromatic N) is 1. The SMILES string of the molecule is CNCC1CCCN(CCOc2ccc(Cl)cc2)C1. The molecule has 2 rings (SSSR count). The van der Waals surface area contributed by atoms with E-state index in [1.54, 1.807) is 0 Å². The minimum atomic E-state index is 0.744. The van der Waals surface area contributed by atoms with Crippen molar-refractivity contribution < 1.29 is 4.74 Å². The monoisotopic (exact) mass is 282 g/mol. The van der Waals surface area contributed by atoms with E-state index >= 15 is 0 Å². The lowest BCUT2D eigenvalue weighted by atomic mass is 9.98. The molecule has 0 spiro atoms. The maximum Gasteiger partial charge on any atom is 0.119 e. The number of halogens is 1. The third-order valence-electron chi connectivity index (χ3n) is 3.59. The Hall–Kier alpha value is -0.770. The van der Waals surface area contributed by atoms with Crippen LogP contribution in [-0.4, -0.2) is 44.7 Å². The van der Waals surface area contributed by atoms with Crippen LogP contribution in [0.2, 0.25) is 5.02 Å². The van der Waals surface area contributed by atoms with Gasteiger partial charge in [0, 0.05) is 18.1 Å². The molecule has 0 aliphatic carbocycles. The molecule has 3 nitrogen and oxygen atoms in total. The van der Waals surface area contributed by atoms with E-state index in [1.807, 2.05) is 31.3 Å². The van der Waals surface area contributed by atoms with Gasteiger partial charge in [0.25, 0.3) is 0 Å². The minimum Gasteiger partial charge on any atom is -0.492 e. The Bertz CT molecular complexity index is 367. The molecule has 0 saturated carbocycles. The topological polar surface area (TPSA) is 24.5 Å². The van der Waals surface area contributed by atoms with Crippen molar-refractivity contribution in [2.75, 3.05) is 39.8 Å². The molecule has 1 aliphatic heterocycles. The van der Waals surface area contributed by atoms with Crippen molar-refractivity contribution in [2.45, 2.75) is 12.8 Å². The van der Waals surface area contributed by atoms with Gasteiger partial charge in [0.15, 0.2) is 0 Å². The van der Waals surface area contributed by atoms with E-state index in [-0.39, 0.29) is 0 Å². The summed E-state index contributed by atoms with van der Waals surface area (Å²) in [6, 6.07) is 7.56. The molecule has 0 amide bonds. The molecule has 1 unspecified atom stereocenters. The zero-order valence-corrected chi connectivity index (χ0v) is 12.3. The smallest absolute Gasteiger partial charge is 0.119 e. The first-order valence-electron chi connectivity index (χ1n) is 7.03. The standard InChI is InChI=1S/C15H23ClN2O/c1-17-11-13-3-2-8-18(12-13)9-10-19-15-6-4-14(16)5-7-15/h4-7,13,17H,2-3,8-12H2,1H3. The van der Waals surface area contributed by atoms with Gasteiger partial charge in [0.1, 0.15) is 12.4 Å². The summed E-state index contributed by atoms with van der Waals surface area (Å²) in [5, 5.41) is 4.02. The first kappa shape index (κ1) is 14.6. The van der Waals surface area contributed by atoms with Crippen molar-refractivity contribution in [3.63, 3.8) is 0 Å². The van der Waals surface area contributed by atoms with Gasteiger partial charge in [-0.15, -0.1) is 0 Å². The molecule has 1 aromatic carbocycles. The second-order valence-electron chi connectivity index (χ2n) is 5.17. The van der Waals surface area contributed by atoms with E-state index in [9.17, 15) is 0 Å². The Kier molecular flexibility index (Phi) is 5.95. The maximum absolute atomic E-state index is 5.84. The molecule has 1 N–H and O–H groups in total. The molecule has 4 heteroatoms. The van der Waals surface area contributed by atoms with Crippen molar-refractivity contribution in [3.05, 3.63) is 29.3 Å². The third-order valence-corrected chi connectivity index (χ3v) is 3.84. The summed E-state index contributed by atoms with van der Waals surface area (Å²) in [6.07, 6.45) is 2.64. The van der Waals surface area contributed by atoms with Crippen LogP contribution in [-0.2, 0) is 0 Å². The third kappa shape index (κ3) is 5.01. The Morgan fingerprint density at radius 2 is 2.16 bits per heavy atom. The lowest BCUT2D eigenvalue weighted by Gasteiger charge is -2.32. The van der Waals surface area contributed by atoms with Gasteiger partial charge in [0.05, 0.1) is 0 Å². The van der Waals surface area contributed by atoms with E-state index < -0.39 is 0 Å². The predicted octanol–water partition coefficient (Wildman–Crippen LogP) is 2.65. The zero-order valence-electron chi connectivity index (χ0n) is 11.6. The molecular formula is C15H23ClN2O. The second-order valence-corrected chi connectivity index (χ2v) is 5.61. The molecule has 0 bridgehead atoms. The first-order valence-corrected chi connectivity index (χ1v) is 7.41. The molecule has 0 aromatic heterocycles. The van der Waals surface area contributed by atoms with E-state index in [4.69, 9.17) is 16.3 Å². The number of rotatable bonds is 6. The molecule has 106 valence electrons. The lowest BCUT2D eigenvalue weighted by Crippen LogP contribution is -2.40. The summed E-state index contributed by atoms with van der Waals surface area (Å²) in [5.41, 5.74) is 0. The number of piperidine rings is 1. The van der Waals surface area contributed by atoms with Gasteiger partial charge in [-0.1, -0.05) is 11.6 Å². The van der Waals surface area contributed by atoms with Crippen LogP contribution in [0.1, 0.15) is 12.8 Å². The lowest BCUT2D eigenvalue weighted by molar-refractivity contribution is 0.146. The molecule has 1 aliphatic rings. The van der Waals surface area contributed by atoms with Crippen LogP contribution >= 0.6 is 11.6 Å². The fourth-order valence-electron chi connectivity index (χ4n) is 2.63. The highest BCUT2D eigenvalue weighted by Crippen LogP contribution is 2.17. The maximum atomic E-state index is 5.84. The van der Waals surface area contributed by atoms with Crippen LogP contribution < -0.4 is 10.1 Å². The Labute approximate surface area is 120 Å². The van der Waals surface area contributed by atoms with Gasteiger partial charge in [-0.05, 0) is 63.2 Å². The highest BCUT2D eigenvalue weighted by atomic mass is 35.5. The molecule has 1 fully saturated rings. The average molecular weight is 283 g/mol. The fourth-order valence-corrected chi connectivity index (χ4v) is 2.76. The molecular weight excluding hydrogens is 260 g/mol. The van der Waals surface area contributed by atoms with Gasteiger partial charge in [-0.3, -0.25) is 4.90 Å². The molecule has 1 atom stereocenters. The Morgan fingerprint density at radius 3 is 2.89 bits per heavy atom. The number of hydrogen-bond acceptors (Lipinski definition) is 3. The summed E-state index contributed by atoms with van der Waals surface area (Å²) in [6.45, 7) is 5.25. The van der Waals surface area contributed by atoms with Crippen molar-refractivity contribution in [1.29, 1.82) is 0 Å². The van der Waals surface area contributed by atoms with E-state index in [2.05, 4.69) is 10.2 Å². The summed E-state index contributed by atoms with van der Waals surface area (Å²) < 4.78 is 5.74. The van der Waals surface area contributed by atoms with E-state index in [0.29, 0.717) is 0 Å². The second kappa shape index (κ2) is 7.73. The highest BCUT2D eigenvalue weighted by molar-refractivity contribution is 6.30. The Balaban J connectivity index is 1.69. The van der Waals surface area contributed by atoms with Crippen LogP contribution in [0.3, 0.4) is 0 Å². The molecule has 19 heavy (non-hydrogen) atoms. The molecule has 1 saturated heterocycles. The molecule has 1 heterocycles. The van der Waals surface area contributed by atoms with Crippen LogP contribution in [0.15, 0.2) is 24.3 Å². The van der Waals surface area contributed by atoms with Crippen molar-refractivity contribution in [1.82, 2.24) is 10.2 Å². The van der Waals surface area contributed by atoms with Crippen LogP contribution in [0.4, 0.5) is 0 Å². The van der Waals surface area contributed by atoms with Gasteiger partial charge in [0.2, 0.25) is 0 Å². The minimum absolute atomic E-state index is 0.744. The highest BCUT2D eigenvalue weighted by Gasteiger charge is 2.18. The van der Waals surface area contributed by atoms with Gasteiger partial charge < -0.3 is 10.1 Å². The number of hydrogen-bond donors (Lipinski definition) is 1. The van der Waals surface area contributed by atoms with E-state index in [1.165, 1.54) is 25.9 Å². The number of ether oxygens (including phenoxy) is 1. The number of likely N-dealkylation sites (tertiary alicyclic amines) is 1. The normalized spacial score (nSPS) is 20.4. The number of benzene rings is 1.